The Morgan fingerprint density at radius 1 is 1.19 bits per heavy atom. The third kappa shape index (κ3) is 4.80. The third-order valence-electron chi connectivity index (χ3n) is 3.12. The minimum atomic E-state index is -3.42. The van der Waals surface area contributed by atoms with Gasteiger partial charge in [0.05, 0.1) is 12.0 Å². The van der Waals surface area contributed by atoms with Gasteiger partial charge in [0.2, 0.25) is 15.9 Å². The number of hydrogen-bond donors (Lipinski definition) is 1. The molecule has 1 amide bonds. The van der Waals surface area contributed by atoms with Crippen molar-refractivity contribution in [3.05, 3.63) is 29.8 Å². The van der Waals surface area contributed by atoms with E-state index in [2.05, 4.69) is 10.3 Å². The number of carbonyl (C=O) groups is 1. The molecule has 0 bridgehead atoms. The van der Waals surface area contributed by atoms with Crippen LogP contribution in [0, 0.1) is 0 Å². The first kappa shape index (κ1) is 17.6. The summed E-state index contributed by atoms with van der Waals surface area (Å²) in [6.07, 6.45) is 0.816. The van der Waals surface area contributed by atoms with Crippen LogP contribution in [0.25, 0.3) is 0 Å². The number of sulfonamides is 1. The lowest BCUT2D eigenvalue weighted by Crippen LogP contribution is -2.30. The van der Waals surface area contributed by atoms with Crippen molar-refractivity contribution in [3.63, 3.8) is 0 Å². The first-order valence-electron chi connectivity index (χ1n) is 6.86. The molecule has 0 fully saturated rings. The fraction of sp³-hybridized carbons (Fsp3) is 0.500. The van der Waals surface area contributed by atoms with Crippen molar-refractivity contribution in [2.75, 3.05) is 20.2 Å². The van der Waals surface area contributed by atoms with Gasteiger partial charge in [-0.05, 0) is 24.1 Å². The summed E-state index contributed by atoms with van der Waals surface area (Å²) >= 11 is 0. The van der Waals surface area contributed by atoms with Crippen molar-refractivity contribution in [1.82, 2.24) is 9.79 Å². The Kier molecular flexibility index (Phi) is 6.80. The van der Waals surface area contributed by atoms with Gasteiger partial charge in [0.15, 0.2) is 0 Å². The zero-order valence-corrected chi connectivity index (χ0v) is 13.4. The van der Waals surface area contributed by atoms with Crippen LogP contribution in [0.1, 0.15) is 25.8 Å². The highest BCUT2D eigenvalue weighted by Crippen LogP contribution is 2.16. The van der Waals surface area contributed by atoms with Crippen molar-refractivity contribution < 1.29 is 18.0 Å². The summed E-state index contributed by atoms with van der Waals surface area (Å²) in [7, 11) is -2.04. The van der Waals surface area contributed by atoms with Crippen LogP contribution in [0.15, 0.2) is 29.2 Å². The molecule has 0 aliphatic carbocycles. The summed E-state index contributed by atoms with van der Waals surface area (Å²) in [5.41, 5.74) is 3.14. The van der Waals surface area contributed by atoms with E-state index >= 15 is 0 Å². The Hall–Kier alpha value is -1.44. The quantitative estimate of drug-likeness (QED) is 0.735. The molecule has 0 saturated heterocycles. The van der Waals surface area contributed by atoms with Crippen LogP contribution in [0.5, 0.6) is 0 Å². The number of hydrogen-bond acceptors (Lipinski definition) is 4. The molecule has 7 heteroatoms. The van der Waals surface area contributed by atoms with Gasteiger partial charge < -0.3 is 0 Å². The molecule has 0 heterocycles. The SMILES string of the molecule is CCN(CC)S(=O)(=O)c1ccc(CCC(=O)NOC)cc1. The highest BCUT2D eigenvalue weighted by atomic mass is 32.2. The van der Waals surface area contributed by atoms with Crippen LogP contribution < -0.4 is 5.48 Å². The second kappa shape index (κ2) is 8.11. The smallest absolute Gasteiger partial charge is 0.243 e. The van der Waals surface area contributed by atoms with Crippen molar-refractivity contribution in [3.8, 4) is 0 Å². The second-order valence-corrected chi connectivity index (χ2v) is 6.40. The number of rotatable bonds is 8. The molecule has 0 unspecified atom stereocenters. The molecule has 0 aliphatic heterocycles. The number of carbonyl (C=O) groups excluding carboxylic acids is 1. The normalized spacial score (nSPS) is 11.6. The zero-order chi connectivity index (χ0) is 15.9. The number of amides is 1. The second-order valence-electron chi connectivity index (χ2n) is 4.46. The Labute approximate surface area is 126 Å². The van der Waals surface area contributed by atoms with Gasteiger partial charge in [-0.2, -0.15) is 4.31 Å². The molecular formula is C14H22N2O4S. The van der Waals surface area contributed by atoms with Gasteiger partial charge in [-0.3, -0.25) is 9.63 Å². The summed E-state index contributed by atoms with van der Waals surface area (Å²) in [5.74, 6) is -0.211. The summed E-state index contributed by atoms with van der Waals surface area (Å²) < 4.78 is 26.0. The summed E-state index contributed by atoms with van der Waals surface area (Å²) in [5, 5.41) is 0. The fourth-order valence-corrected chi connectivity index (χ4v) is 3.42. The maximum absolute atomic E-state index is 12.3. The van der Waals surface area contributed by atoms with Crippen molar-refractivity contribution in [2.24, 2.45) is 0 Å². The van der Waals surface area contributed by atoms with Crippen LogP contribution in [0.3, 0.4) is 0 Å². The minimum Gasteiger partial charge on any atom is -0.277 e. The van der Waals surface area contributed by atoms with E-state index in [0.29, 0.717) is 19.5 Å². The molecule has 118 valence electrons. The first-order valence-corrected chi connectivity index (χ1v) is 8.30. The maximum atomic E-state index is 12.3. The Balaban J connectivity index is 2.76. The van der Waals surface area contributed by atoms with Gasteiger partial charge in [0, 0.05) is 19.5 Å². The van der Waals surface area contributed by atoms with Gasteiger partial charge in [-0.25, -0.2) is 13.9 Å². The Morgan fingerprint density at radius 3 is 2.24 bits per heavy atom. The molecule has 0 aromatic heterocycles. The molecule has 0 aliphatic rings. The van der Waals surface area contributed by atoms with Gasteiger partial charge in [-0.15, -0.1) is 0 Å². The predicted molar refractivity (Wildman–Crippen MR) is 80.0 cm³/mol. The monoisotopic (exact) mass is 314 g/mol. The fourth-order valence-electron chi connectivity index (χ4n) is 1.96. The van der Waals surface area contributed by atoms with E-state index in [1.54, 1.807) is 24.3 Å². The number of aryl methyl sites for hydroxylation is 1. The van der Waals surface area contributed by atoms with Gasteiger partial charge in [0.1, 0.15) is 0 Å². The average Bonchev–Trinajstić information content (AvgIpc) is 2.47. The van der Waals surface area contributed by atoms with E-state index in [4.69, 9.17) is 0 Å². The number of nitrogens with zero attached hydrogens (tertiary/aromatic N) is 1. The molecule has 0 spiro atoms. The van der Waals surface area contributed by atoms with Crippen molar-refractivity contribution >= 4 is 15.9 Å². The highest BCUT2D eigenvalue weighted by molar-refractivity contribution is 7.89. The zero-order valence-electron chi connectivity index (χ0n) is 12.6. The van der Waals surface area contributed by atoms with Crippen molar-refractivity contribution in [2.45, 2.75) is 31.6 Å². The molecule has 0 radical (unpaired) electrons. The van der Waals surface area contributed by atoms with E-state index in [-0.39, 0.29) is 17.2 Å². The molecule has 1 aromatic rings. The van der Waals surface area contributed by atoms with Gasteiger partial charge in [0.25, 0.3) is 0 Å². The van der Waals surface area contributed by atoms with Crippen LogP contribution in [0.4, 0.5) is 0 Å². The maximum Gasteiger partial charge on any atom is 0.243 e. The summed E-state index contributed by atoms with van der Waals surface area (Å²) in [6, 6.07) is 6.63. The van der Waals surface area contributed by atoms with Crippen LogP contribution >= 0.6 is 0 Å². The molecular weight excluding hydrogens is 292 g/mol. The van der Waals surface area contributed by atoms with Crippen LogP contribution in [0.2, 0.25) is 0 Å². The summed E-state index contributed by atoms with van der Waals surface area (Å²) in [4.78, 5) is 16.1. The van der Waals surface area contributed by atoms with Crippen LogP contribution in [-0.4, -0.2) is 38.8 Å². The van der Waals surface area contributed by atoms with Gasteiger partial charge >= 0.3 is 0 Å². The van der Waals surface area contributed by atoms with E-state index in [9.17, 15) is 13.2 Å². The molecule has 1 N–H and O–H groups in total. The van der Waals surface area contributed by atoms with E-state index in [0.717, 1.165) is 5.56 Å². The predicted octanol–water partition coefficient (Wildman–Crippen LogP) is 1.33. The lowest BCUT2D eigenvalue weighted by Gasteiger charge is -2.18. The Bertz CT molecular complexity index is 551. The third-order valence-corrected chi connectivity index (χ3v) is 5.19. The highest BCUT2D eigenvalue weighted by Gasteiger charge is 2.21. The number of nitrogens with one attached hydrogen (secondary N) is 1. The first-order chi connectivity index (χ1) is 9.95. The standard InChI is InChI=1S/C14H22N2O4S/c1-4-16(5-2)21(18,19)13-9-6-12(7-10-13)8-11-14(17)15-20-3/h6-7,9-10H,4-5,8,11H2,1-3H3,(H,15,17). The molecule has 6 nitrogen and oxygen atoms in total. The van der Waals surface area contributed by atoms with E-state index in [1.807, 2.05) is 13.8 Å². The minimum absolute atomic E-state index is 0.211. The largest absolute Gasteiger partial charge is 0.277 e. The number of benzene rings is 1. The molecule has 21 heavy (non-hydrogen) atoms. The van der Waals surface area contributed by atoms with Crippen LogP contribution in [-0.2, 0) is 26.1 Å². The molecule has 1 rings (SSSR count). The average molecular weight is 314 g/mol. The van der Waals surface area contributed by atoms with E-state index < -0.39 is 10.0 Å². The number of hydroxylamine groups is 1. The molecule has 0 atom stereocenters. The molecule has 0 saturated carbocycles. The Morgan fingerprint density at radius 2 is 1.76 bits per heavy atom. The van der Waals surface area contributed by atoms with E-state index in [1.165, 1.54) is 11.4 Å². The van der Waals surface area contributed by atoms with Gasteiger partial charge in [-0.1, -0.05) is 26.0 Å². The summed E-state index contributed by atoms with van der Waals surface area (Å²) in [6.45, 7) is 4.50. The topological polar surface area (TPSA) is 75.7 Å². The molecule has 1 aromatic carbocycles. The lowest BCUT2D eigenvalue weighted by molar-refractivity contribution is -0.131. The lowest BCUT2D eigenvalue weighted by atomic mass is 10.1. The van der Waals surface area contributed by atoms with Crippen molar-refractivity contribution in [1.29, 1.82) is 0 Å².